The highest BCUT2D eigenvalue weighted by atomic mass is 16.4. The first-order valence-electron chi connectivity index (χ1n) is 6.31. The van der Waals surface area contributed by atoms with Gasteiger partial charge in [-0.05, 0) is 6.42 Å². The maximum atomic E-state index is 11.9. The Kier molecular flexibility index (Phi) is 4.28. The van der Waals surface area contributed by atoms with Crippen LogP contribution in [0.2, 0.25) is 0 Å². The molecule has 0 bridgehead atoms. The number of carbonyl (C=O) groups is 1. The van der Waals surface area contributed by atoms with Gasteiger partial charge in [0.2, 0.25) is 17.7 Å². The Morgan fingerprint density at radius 2 is 2.25 bits per heavy atom. The molecule has 108 valence electrons. The predicted octanol–water partition coefficient (Wildman–Crippen LogP) is 1.11. The first-order chi connectivity index (χ1) is 9.58. The van der Waals surface area contributed by atoms with Crippen LogP contribution in [0.3, 0.4) is 0 Å². The highest BCUT2D eigenvalue weighted by Crippen LogP contribution is 2.05. The molecule has 0 atom stereocenters. The van der Waals surface area contributed by atoms with Crippen LogP contribution in [0.15, 0.2) is 4.42 Å². The molecule has 2 heterocycles. The molecule has 20 heavy (non-hydrogen) atoms. The molecule has 0 unspecified atom stereocenters. The third-order valence-electron chi connectivity index (χ3n) is 2.52. The number of urea groups is 1. The van der Waals surface area contributed by atoms with E-state index in [9.17, 15) is 4.79 Å². The van der Waals surface area contributed by atoms with Crippen molar-refractivity contribution in [2.24, 2.45) is 0 Å². The molecule has 0 aliphatic heterocycles. The fraction of sp³-hybridized carbons (Fsp3) is 0.545. The quantitative estimate of drug-likeness (QED) is 0.847. The minimum Gasteiger partial charge on any atom is -0.424 e. The molecule has 0 fully saturated rings. The van der Waals surface area contributed by atoms with Crippen molar-refractivity contribution in [3.8, 4) is 0 Å². The second kappa shape index (κ2) is 6.13. The van der Waals surface area contributed by atoms with E-state index in [4.69, 9.17) is 4.42 Å². The van der Waals surface area contributed by atoms with E-state index in [2.05, 4.69) is 30.7 Å². The topological polar surface area (TPSA) is 113 Å². The van der Waals surface area contributed by atoms with Crippen LogP contribution in [0.25, 0.3) is 0 Å². The Balaban J connectivity index is 1.89. The smallest absolute Gasteiger partial charge is 0.324 e. The SMILES string of the molecule is CCCc1nc(NC(=O)N(C)Cc2nnc(C)o2)n[nH]1. The van der Waals surface area contributed by atoms with E-state index in [1.54, 1.807) is 14.0 Å². The molecule has 2 N–H and O–H groups in total. The van der Waals surface area contributed by atoms with Crippen molar-refractivity contribution in [3.63, 3.8) is 0 Å². The van der Waals surface area contributed by atoms with Crippen molar-refractivity contribution in [2.75, 3.05) is 12.4 Å². The van der Waals surface area contributed by atoms with Gasteiger partial charge < -0.3 is 9.32 Å². The van der Waals surface area contributed by atoms with Crippen LogP contribution < -0.4 is 5.32 Å². The molecule has 2 aromatic heterocycles. The van der Waals surface area contributed by atoms with Crippen LogP contribution in [0.4, 0.5) is 10.7 Å². The van der Waals surface area contributed by atoms with Crippen LogP contribution in [0.5, 0.6) is 0 Å². The van der Waals surface area contributed by atoms with Gasteiger partial charge in [-0.25, -0.2) is 4.79 Å². The molecule has 9 heteroatoms. The van der Waals surface area contributed by atoms with E-state index in [0.29, 0.717) is 11.8 Å². The number of aryl methyl sites for hydroxylation is 2. The molecule has 0 aromatic carbocycles. The Morgan fingerprint density at radius 3 is 2.90 bits per heavy atom. The Hall–Kier alpha value is -2.45. The van der Waals surface area contributed by atoms with Crippen LogP contribution in [-0.2, 0) is 13.0 Å². The lowest BCUT2D eigenvalue weighted by Gasteiger charge is -2.13. The maximum Gasteiger partial charge on any atom is 0.324 e. The van der Waals surface area contributed by atoms with Gasteiger partial charge in [-0.15, -0.1) is 15.3 Å². The molecule has 0 saturated carbocycles. The summed E-state index contributed by atoms with van der Waals surface area (Å²) in [4.78, 5) is 17.5. The van der Waals surface area contributed by atoms with Crippen LogP contribution in [-0.4, -0.2) is 43.4 Å². The van der Waals surface area contributed by atoms with E-state index in [0.717, 1.165) is 18.7 Å². The zero-order chi connectivity index (χ0) is 14.5. The van der Waals surface area contributed by atoms with Crippen molar-refractivity contribution in [2.45, 2.75) is 33.2 Å². The monoisotopic (exact) mass is 279 g/mol. The van der Waals surface area contributed by atoms with E-state index in [1.165, 1.54) is 4.90 Å². The van der Waals surface area contributed by atoms with Gasteiger partial charge in [0, 0.05) is 20.4 Å². The summed E-state index contributed by atoms with van der Waals surface area (Å²) >= 11 is 0. The lowest BCUT2D eigenvalue weighted by atomic mass is 10.3. The van der Waals surface area contributed by atoms with Gasteiger partial charge in [0.05, 0.1) is 0 Å². The molecule has 0 spiro atoms. The summed E-state index contributed by atoms with van der Waals surface area (Å²) in [6.07, 6.45) is 1.75. The second-order valence-electron chi connectivity index (χ2n) is 4.36. The molecule has 2 amide bonds. The van der Waals surface area contributed by atoms with E-state index in [-0.39, 0.29) is 18.5 Å². The van der Waals surface area contributed by atoms with Gasteiger partial charge in [-0.1, -0.05) is 6.92 Å². The fourth-order valence-electron chi connectivity index (χ4n) is 1.57. The summed E-state index contributed by atoms with van der Waals surface area (Å²) < 4.78 is 5.21. The summed E-state index contributed by atoms with van der Waals surface area (Å²) in [6, 6.07) is -0.345. The number of aromatic nitrogens is 5. The number of carbonyl (C=O) groups excluding carboxylic acids is 1. The normalized spacial score (nSPS) is 10.6. The lowest BCUT2D eigenvalue weighted by molar-refractivity contribution is 0.215. The number of amides is 2. The summed E-state index contributed by atoms with van der Waals surface area (Å²) in [5, 5.41) is 16.8. The van der Waals surface area contributed by atoms with Gasteiger partial charge in [-0.3, -0.25) is 10.4 Å². The van der Waals surface area contributed by atoms with Crippen molar-refractivity contribution >= 4 is 12.0 Å². The summed E-state index contributed by atoms with van der Waals surface area (Å²) in [5.74, 6) is 1.85. The van der Waals surface area contributed by atoms with E-state index in [1.807, 2.05) is 6.92 Å². The van der Waals surface area contributed by atoms with Crippen molar-refractivity contribution in [1.29, 1.82) is 0 Å². The lowest BCUT2D eigenvalue weighted by Crippen LogP contribution is -2.31. The van der Waals surface area contributed by atoms with Gasteiger partial charge in [0.1, 0.15) is 12.4 Å². The minimum atomic E-state index is -0.345. The number of H-pyrrole nitrogens is 1. The maximum absolute atomic E-state index is 11.9. The van der Waals surface area contributed by atoms with Gasteiger partial charge >= 0.3 is 6.03 Å². The highest BCUT2D eigenvalue weighted by Gasteiger charge is 2.14. The number of nitrogens with one attached hydrogen (secondary N) is 2. The van der Waals surface area contributed by atoms with Crippen LogP contribution >= 0.6 is 0 Å². The molecular weight excluding hydrogens is 262 g/mol. The fourth-order valence-corrected chi connectivity index (χ4v) is 1.57. The van der Waals surface area contributed by atoms with Crippen molar-refractivity contribution in [1.82, 2.24) is 30.3 Å². The Morgan fingerprint density at radius 1 is 1.45 bits per heavy atom. The molecular formula is C11H17N7O2. The first-order valence-corrected chi connectivity index (χ1v) is 6.31. The molecule has 0 aliphatic carbocycles. The molecule has 9 nitrogen and oxygen atoms in total. The number of hydrogen-bond donors (Lipinski definition) is 2. The number of hydrogen-bond acceptors (Lipinski definition) is 6. The molecule has 2 rings (SSSR count). The van der Waals surface area contributed by atoms with Crippen LogP contribution in [0, 0.1) is 6.92 Å². The average Bonchev–Trinajstić information content (AvgIpc) is 2.99. The number of aromatic amines is 1. The summed E-state index contributed by atoms with van der Waals surface area (Å²) in [5.41, 5.74) is 0. The number of nitrogens with zero attached hydrogens (tertiary/aromatic N) is 5. The molecule has 2 aromatic rings. The zero-order valence-corrected chi connectivity index (χ0v) is 11.7. The van der Waals surface area contributed by atoms with E-state index >= 15 is 0 Å². The minimum absolute atomic E-state index is 0.221. The standard InChI is InChI=1S/C11H17N7O2/c1-4-5-8-12-10(17-15-8)13-11(19)18(3)6-9-16-14-7(2)20-9/h4-6H2,1-3H3,(H2,12,13,15,17,19). The van der Waals surface area contributed by atoms with Crippen molar-refractivity contribution in [3.05, 3.63) is 17.6 Å². The Bertz CT molecular complexity index is 577. The first kappa shape index (κ1) is 14.0. The highest BCUT2D eigenvalue weighted by molar-refractivity contribution is 5.87. The molecule has 0 aliphatic rings. The summed E-state index contributed by atoms with van der Waals surface area (Å²) in [7, 11) is 1.62. The predicted molar refractivity (Wildman–Crippen MR) is 69.9 cm³/mol. The second-order valence-corrected chi connectivity index (χ2v) is 4.36. The summed E-state index contributed by atoms with van der Waals surface area (Å²) in [6.45, 7) is 3.96. The zero-order valence-electron chi connectivity index (χ0n) is 11.7. The number of rotatable bonds is 5. The third-order valence-corrected chi connectivity index (χ3v) is 2.52. The van der Waals surface area contributed by atoms with Gasteiger partial charge in [-0.2, -0.15) is 4.98 Å². The largest absolute Gasteiger partial charge is 0.424 e. The molecule has 0 saturated heterocycles. The van der Waals surface area contributed by atoms with Crippen molar-refractivity contribution < 1.29 is 9.21 Å². The average molecular weight is 279 g/mol. The third kappa shape index (κ3) is 3.53. The van der Waals surface area contributed by atoms with Gasteiger partial charge in [0.15, 0.2) is 0 Å². The molecule has 0 radical (unpaired) electrons. The Labute approximate surface area is 115 Å². The van der Waals surface area contributed by atoms with Crippen LogP contribution in [0.1, 0.15) is 31.0 Å². The van der Waals surface area contributed by atoms with E-state index < -0.39 is 0 Å². The van der Waals surface area contributed by atoms with Gasteiger partial charge in [0.25, 0.3) is 0 Å². The number of anilines is 1.